The number of ether oxygens (including phenoxy) is 3. The van der Waals surface area contributed by atoms with E-state index in [0.717, 1.165) is 60.0 Å². The van der Waals surface area contributed by atoms with Gasteiger partial charge in [0.15, 0.2) is 17.1 Å². The summed E-state index contributed by atoms with van der Waals surface area (Å²) in [6, 6.07) is 7.90. The number of rotatable bonds is 6. The quantitative estimate of drug-likeness (QED) is 0.702. The van der Waals surface area contributed by atoms with E-state index in [1.165, 1.54) is 0 Å². The van der Waals surface area contributed by atoms with Gasteiger partial charge in [0, 0.05) is 30.5 Å². The van der Waals surface area contributed by atoms with Crippen molar-refractivity contribution in [1.82, 2.24) is 14.6 Å². The molecule has 1 aliphatic rings. The van der Waals surface area contributed by atoms with Crippen molar-refractivity contribution < 1.29 is 14.2 Å². The Morgan fingerprint density at radius 3 is 2.71 bits per heavy atom. The first-order valence-corrected chi connectivity index (χ1v) is 9.55. The Morgan fingerprint density at radius 1 is 1.18 bits per heavy atom. The predicted molar refractivity (Wildman–Crippen MR) is 108 cm³/mol. The zero-order valence-electron chi connectivity index (χ0n) is 16.8. The Hall–Kier alpha value is -2.80. The smallest absolute Gasteiger partial charge is 0.165 e. The molecule has 0 saturated carbocycles. The highest BCUT2D eigenvalue weighted by molar-refractivity contribution is 5.82. The van der Waals surface area contributed by atoms with Crippen LogP contribution in [-0.4, -0.2) is 48.1 Å². The highest BCUT2D eigenvalue weighted by Gasteiger charge is 2.19. The first kappa shape index (κ1) is 18.6. The molecule has 0 bridgehead atoms. The van der Waals surface area contributed by atoms with Crippen molar-refractivity contribution >= 4 is 11.5 Å². The first-order chi connectivity index (χ1) is 13.6. The van der Waals surface area contributed by atoms with Crippen LogP contribution in [0.5, 0.6) is 11.5 Å². The van der Waals surface area contributed by atoms with Gasteiger partial charge in [0.2, 0.25) is 0 Å². The van der Waals surface area contributed by atoms with Gasteiger partial charge in [-0.2, -0.15) is 9.61 Å². The highest BCUT2D eigenvalue weighted by Crippen LogP contribution is 2.35. The molecule has 2 aromatic heterocycles. The van der Waals surface area contributed by atoms with E-state index in [0.29, 0.717) is 11.5 Å². The topological polar surface area (TPSA) is 69.9 Å². The highest BCUT2D eigenvalue weighted by atomic mass is 16.5. The van der Waals surface area contributed by atoms with Crippen LogP contribution in [-0.2, 0) is 4.74 Å². The third-order valence-corrected chi connectivity index (χ3v) is 5.10. The van der Waals surface area contributed by atoms with Crippen LogP contribution in [0.15, 0.2) is 24.3 Å². The SMILES string of the molecule is COc1ccc(-c2c(C)nn3c(NC[C@H]4CCCO4)cc(C)nc23)cc1OC. The van der Waals surface area contributed by atoms with Crippen molar-refractivity contribution in [2.45, 2.75) is 32.8 Å². The lowest BCUT2D eigenvalue weighted by atomic mass is 10.1. The van der Waals surface area contributed by atoms with Gasteiger partial charge >= 0.3 is 0 Å². The van der Waals surface area contributed by atoms with Crippen LogP contribution in [0.4, 0.5) is 5.82 Å². The number of methoxy groups -OCH3 is 2. The molecule has 3 heterocycles. The van der Waals surface area contributed by atoms with E-state index in [1.54, 1.807) is 14.2 Å². The maximum absolute atomic E-state index is 5.73. The number of aromatic nitrogens is 3. The largest absolute Gasteiger partial charge is 0.493 e. The minimum Gasteiger partial charge on any atom is -0.493 e. The van der Waals surface area contributed by atoms with Crippen molar-refractivity contribution in [3.05, 3.63) is 35.7 Å². The van der Waals surface area contributed by atoms with Crippen LogP contribution in [0.3, 0.4) is 0 Å². The Kier molecular flexibility index (Phi) is 5.09. The third kappa shape index (κ3) is 3.38. The average molecular weight is 382 g/mol. The fourth-order valence-electron chi connectivity index (χ4n) is 3.72. The van der Waals surface area contributed by atoms with Crippen molar-refractivity contribution in [1.29, 1.82) is 0 Å². The Bertz CT molecular complexity index is 993. The Balaban J connectivity index is 1.76. The van der Waals surface area contributed by atoms with Gasteiger partial charge < -0.3 is 19.5 Å². The number of nitrogens with one attached hydrogen (secondary N) is 1. The maximum atomic E-state index is 5.73. The second-order valence-electron chi connectivity index (χ2n) is 7.06. The van der Waals surface area contributed by atoms with Crippen LogP contribution < -0.4 is 14.8 Å². The number of fused-ring (bicyclic) bond motifs is 1. The van der Waals surface area contributed by atoms with Gasteiger partial charge in [0.05, 0.1) is 26.0 Å². The van der Waals surface area contributed by atoms with Gasteiger partial charge in [-0.05, 0) is 44.4 Å². The van der Waals surface area contributed by atoms with Crippen LogP contribution in [0.25, 0.3) is 16.8 Å². The number of anilines is 1. The van der Waals surface area contributed by atoms with Gasteiger partial charge in [0.1, 0.15) is 5.82 Å². The summed E-state index contributed by atoms with van der Waals surface area (Å²) in [7, 11) is 3.27. The van der Waals surface area contributed by atoms with Crippen molar-refractivity contribution in [3.8, 4) is 22.6 Å². The zero-order chi connectivity index (χ0) is 19.7. The average Bonchev–Trinajstić information content (AvgIpc) is 3.32. The maximum Gasteiger partial charge on any atom is 0.165 e. The lowest BCUT2D eigenvalue weighted by molar-refractivity contribution is 0.120. The molecule has 0 amide bonds. The number of hydrogen-bond acceptors (Lipinski definition) is 6. The van der Waals surface area contributed by atoms with E-state index in [2.05, 4.69) is 5.32 Å². The Labute approximate surface area is 164 Å². The molecule has 0 unspecified atom stereocenters. The number of benzene rings is 1. The molecule has 7 heteroatoms. The minimum atomic E-state index is 0.255. The summed E-state index contributed by atoms with van der Waals surface area (Å²) in [6.45, 7) is 5.61. The molecule has 1 aliphatic heterocycles. The predicted octanol–water partition coefficient (Wildman–Crippen LogP) is 3.62. The first-order valence-electron chi connectivity index (χ1n) is 9.55. The summed E-state index contributed by atoms with van der Waals surface area (Å²) in [5.41, 5.74) is 4.65. The van der Waals surface area contributed by atoms with E-state index in [1.807, 2.05) is 42.6 Å². The zero-order valence-corrected chi connectivity index (χ0v) is 16.8. The minimum absolute atomic E-state index is 0.255. The number of hydrogen-bond donors (Lipinski definition) is 1. The lowest BCUT2D eigenvalue weighted by Gasteiger charge is -2.13. The summed E-state index contributed by atoms with van der Waals surface area (Å²) in [6.07, 6.45) is 2.47. The van der Waals surface area contributed by atoms with E-state index < -0.39 is 0 Å². The molecule has 1 N–H and O–H groups in total. The molecule has 3 aromatic rings. The second kappa shape index (κ2) is 7.67. The molecule has 148 valence electrons. The normalized spacial score (nSPS) is 16.5. The van der Waals surface area contributed by atoms with Gasteiger partial charge in [-0.1, -0.05) is 6.07 Å². The summed E-state index contributed by atoms with van der Waals surface area (Å²) in [5, 5.41) is 8.25. The monoisotopic (exact) mass is 382 g/mol. The van der Waals surface area contributed by atoms with Gasteiger partial charge in [-0.3, -0.25) is 0 Å². The molecular formula is C21H26N4O3. The molecular weight excluding hydrogens is 356 g/mol. The second-order valence-corrected chi connectivity index (χ2v) is 7.06. The standard InChI is InChI=1S/C21H26N4O3/c1-13-10-19(22-12-16-6-5-9-28-16)25-21(23-13)20(14(2)24-25)15-7-8-17(26-3)18(11-15)27-4/h7-8,10-11,16,22H,5-6,9,12H2,1-4H3/t16-/m1/s1. The van der Waals surface area contributed by atoms with Crippen molar-refractivity contribution in [3.63, 3.8) is 0 Å². The van der Waals surface area contributed by atoms with E-state index in [-0.39, 0.29) is 6.10 Å². The van der Waals surface area contributed by atoms with Crippen LogP contribution in [0, 0.1) is 13.8 Å². The fourth-order valence-corrected chi connectivity index (χ4v) is 3.72. The summed E-state index contributed by atoms with van der Waals surface area (Å²) >= 11 is 0. The van der Waals surface area contributed by atoms with Crippen LogP contribution in [0.2, 0.25) is 0 Å². The molecule has 1 atom stereocenters. The van der Waals surface area contributed by atoms with E-state index >= 15 is 0 Å². The molecule has 0 aliphatic carbocycles. The van der Waals surface area contributed by atoms with E-state index in [9.17, 15) is 0 Å². The van der Waals surface area contributed by atoms with Gasteiger partial charge in [-0.15, -0.1) is 0 Å². The van der Waals surface area contributed by atoms with Gasteiger partial charge in [-0.25, -0.2) is 4.98 Å². The molecule has 1 saturated heterocycles. The van der Waals surface area contributed by atoms with Crippen LogP contribution >= 0.6 is 0 Å². The molecule has 7 nitrogen and oxygen atoms in total. The molecule has 4 rings (SSSR count). The third-order valence-electron chi connectivity index (χ3n) is 5.10. The summed E-state index contributed by atoms with van der Waals surface area (Å²) in [5.74, 6) is 2.30. The van der Waals surface area contributed by atoms with Crippen molar-refractivity contribution in [2.75, 3.05) is 32.7 Å². The lowest BCUT2D eigenvalue weighted by Crippen LogP contribution is -2.20. The summed E-state index contributed by atoms with van der Waals surface area (Å²) < 4.78 is 18.4. The molecule has 1 aromatic carbocycles. The molecule has 0 spiro atoms. The number of nitrogens with zero attached hydrogens (tertiary/aromatic N) is 3. The van der Waals surface area contributed by atoms with Crippen LogP contribution in [0.1, 0.15) is 24.2 Å². The molecule has 1 fully saturated rings. The molecule has 28 heavy (non-hydrogen) atoms. The fraction of sp³-hybridized carbons (Fsp3) is 0.429. The summed E-state index contributed by atoms with van der Waals surface area (Å²) in [4.78, 5) is 4.77. The van der Waals surface area contributed by atoms with E-state index in [4.69, 9.17) is 24.3 Å². The van der Waals surface area contributed by atoms with Gasteiger partial charge in [0.25, 0.3) is 0 Å². The van der Waals surface area contributed by atoms with Crippen molar-refractivity contribution in [2.24, 2.45) is 0 Å². The number of aryl methyl sites for hydroxylation is 2. The Morgan fingerprint density at radius 2 is 2.00 bits per heavy atom. The molecule has 0 radical (unpaired) electrons.